The van der Waals surface area contributed by atoms with E-state index in [1.165, 1.54) is 4.70 Å². The Morgan fingerprint density at radius 3 is 2.87 bits per heavy atom. The number of aromatic nitrogens is 1. The second-order valence-electron chi connectivity index (χ2n) is 8.26. The first-order chi connectivity index (χ1) is 15.1. The Morgan fingerprint density at radius 2 is 2.03 bits per heavy atom. The van der Waals surface area contributed by atoms with Crippen LogP contribution < -0.4 is 9.47 Å². The zero-order chi connectivity index (χ0) is 21.4. The van der Waals surface area contributed by atoms with Crippen LogP contribution in [-0.4, -0.2) is 54.0 Å². The molecule has 2 aliphatic rings. The zero-order valence-corrected chi connectivity index (χ0v) is 18.7. The first-order valence-corrected chi connectivity index (χ1v) is 11.7. The topological polar surface area (TPSA) is 54.9 Å². The Morgan fingerprint density at radius 1 is 1.23 bits per heavy atom. The van der Waals surface area contributed by atoms with Crippen LogP contribution >= 0.6 is 11.3 Å². The molecule has 0 bridgehead atoms. The van der Waals surface area contributed by atoms with Crippen molar-refractivity contribution in [1.82, 2.24) is 14.8 Å². The summed E-state index contributed by atoms with van der Waals surface area (Å²) in [5.41, 5.74) is 2.14. The molecular formula is C24H27N3O3S. The highest BCUT2D eigenvalue weighted by Crippen LogP contribution is 2.38. The van der Waals surface area contributed by atoms with Gasteiger partial charge in [0.15, 0.2) is 11.5 Å². The van der Waals surface area contributed by atoms with Crippen LogP contribution in [0.3, 0.4) is 0 Å². The lowest BCUT2D eigenvalue weighted by Crippen LogP contribution is -2.39. The molecule has 1 aromatic heterocycles. The van der Waals surface area contributed by atoms with E-state index in [0.29, 0.717) is 19.8 Å². The molecule has 162 valence electrons. The fourth-order valence-corrected chi connectivity index (χ4v) is 5.46. The standard InChI is InChI=1S/C24H27N3O3S/c1-16(24-25-18-6-3-4-8-22(18)31-24)26(2)15-23(28)27-11-5-7-19(27)17-9-10-20-21(14-17)30-13-12-29-20/h3-4,6,8-10,14,16,19H,5,7,11-13,15H2,1-2H3/t16-,19+/m0/s1. The van der Waals surface area contributed by atoms with Gasteiger partial charge in [0.1, 0.15) is 18.2 Å². The number of likely N-dealkylation sites (N-methyl/N-ethyl adjacent to an activating group) is 1. The number of amides is 1. The van der Waals surface area contributed by atoms with E-state index >= 15 is 0 Å². The third-order valence-electron chi connectivity index (χ3n) is 6.24. The highest BCUT2D eigenvalue weighted by molar-refractivity contribution is 7.18. The molecule has 3 aromatic rings. The van der Waals surface area contributed by atoms with Crippen molar-refractivity contribution >= 4 is 27.5 Å². The quantitative estimate of drug-likeness (QED) is 0.591. The van der Waals surface area contributed by atoms with Gasteiger partial charge in [0.05, 0.1) is 28.8 Å². The maximum atomic E-state index is 13.2. The SMILES string of the molecule is C[C@@H](c1nc2ccccc2s1)N(C)CC(=O)N1CCC[C@@H]1c1ccc2c(c1)OCCO2. The van der Waals surface area contributed by atoms with Gasteiger partial charge in [-0.2, -0.15) is 0 Å². The minimum atomic E-state index is 0.0803. The van der Waals surface area contributed by atoms with Gasteiger partial charge < -0.3 is 14.4 Å². The smallest absolute Gasteiger partial charge is 0.237 e. The minimum absolute atomic E-state index is 0.0803. The number of para-hydroxylation sites is 1. The van der Waals surface area contributed by atoms with Gasteiger partial charge in [0, 0.05) is 6.54 Å². The van der Waals surface area contributed by atoms with Gasteiger partial charge in [-0.1, -0.05) is 18.2 Å². The van der Waals surface area contributed by atoms with Gasteiger partial charge in [0.25, 0.3) is 0 Å². The molecule has 0 saturated carbocycles. The number of nitrogens with zero attached hydrogens (tertiary/aromatic N) is 3. The maximum Gasteiger partial charge on any atom is 0.237 e. The first kappa shape index (κ1) is 20.3. The van der Waals surface area contributed by atoms with Crippen molar-refractivity contribution in [3.63, 3.8) is 0 Å². The van der Waals surface area contributed by atoms with E-state index in [1.807, 2.05) is 42.3 Å². The number of carbonyl (C=O) groups is 1. The summed E-state index contributed by atoms with van der Waals surface area (Å²) in [4.78, 5) is 22.1. The number of hydrogen-bond donors (Lipinski definition) is 0. The molecule has 0 aliphatic carbocycles. The van der Waals surface area contributed by atoms with Crippen molar-refractivity contribution in [3.05, 3.63) is 53.0 Å². The van der Waals surface area contributed by atoms with Crippen molar-refractivity contribution in [2.24, 2.45) is 0 Å². The Kier molecular flexibility index (Phi) is 5.54. The average molecular weight is 438 g/mol. The number of ether oxygens (including phenoxy) is 2. The lowest BCUT2D eigenvalue weighted by molar-refractivity contribution is -0.133. The number of thiazole rings is 1. The summed E-state index contributed by atoms with van der Waals surface area (Å²) in [6, 6.07) is 14.4. The largest absolute Gasteiger partial charge is 0.486 e. The summed E-state index contributed by atoms with van der Waals surface area (Å²) < 4.78 is 12.6. The predicted molar refractivity (Wildman–Crippen MR) is 122 cm³/mol. The monoisotopic (exact) mass is 437 g/mol. The molecule has 7 heteroatoms. The fourth-order valence-electron chi connectivity index (χ4n) is 4.38. The second kappa shape index (κ2) is 8.48. The average Bonchev–Trinajstić information content (AvgIpc) is 3.45. The van der Waals surface area contributed by atoms with Crippen LogP contribution in [0.2, 0.25) is 0 Å². The van der Waals surface area contributed by atoms with Gasteiger partial charge in [-0.15, -0.1) is 11.3 Å². The van der Waals surface area contributed by atoms with Crippen molar-refractivity contribution in [2.75, 3.05) is 33.4 Å². The number of fused-ring (bicyclic) bond motifs is 2. The molecule has 31 heavy (non-hydrogen) atoms. The second-order valence-corrected chi connectivity index (χ2v) is 9.32. The van der Waals surface area contributed by atoms with Gasteiger partial charge in [-0.05, 0) is 56.6 Å². The van der Waals surface area contributed by atoms with Crippen molar-refractivity contribution in [2.45, 2.75) is 31.8 Å². The predicted octanol–water partition coefficient (Wildman–Crippen LogP) is 4.42. The Labute approximate surface area is 186 Å². The molecule has 1 saturated heterocycles. The lowest BCUT2D eigenvalue weighted by Gasteiger charge is -2.30. The van der Waals surface area contributed by atoms with Crippen LogP contribution in [0.25, 0.3) is 10.2 Å². The Hall–Kier alpha value is -2.64. The fraction of sp³-hybridized carbons (Fsp3) is 0.417. The number of benzene rings is 2. The van der Waals surface area contributed by atoms with Crippen LogP contribution in [-0.2, 0) is 4.79 Å². The molecule has 3 heterocycles. The lowest BCUT2D eigenvalue weighted by atomic mass is 10.0. The summed E-state index contributed by atoms with van der Waals surface area (Å²) in [5.74, 6) is 1.73. The van der Waals surface area contributed by atoms with E-state index in [2.05, 4.69) is 24.0 Å². The maximum absolute atomic E-state index is 13.2. The van der Waals surface area contributed by atoms with Crippen molar-refractivity contribution < 1.29 is 14.3 Å². The van der Waals surface area contributed by atoms with Crippen LogP contribution in [0.15, 0.2) is 42.5 Å². The van der Waals surface area contributed by atoms with E-state index in [-0.39, 0.29) is 18.0 Å². The molecule has 2 atom stereocenters. The summed E-state index contributed by atoms with van der Waals surface area (Å²) >= 11 is 1.70. The Bertz CT molecular complexity index is 1070. The Balaban J connectivity index is 1.28. The summed E-state index contributed by atoms with van der Waals surface area (Å²) in [7, 11) is 2.00. The highest BCUT2D eigenvalue weighted by Gasteiger charge is 2.32. The van der Waals surface area contributed by atoms with Crippen LogP contribution in [0.4, 0.5) is 0 Å². The third-order valence-corrected chi connectivity index (χ3v) is 7.44. The highest BCUT2D eigenvalue weighted by atomic mass is 32.1. The molecule has 0 radical (unpaired) electrons. The zero-order valence-electron chi connectivity index (χ0n) is 17.9. The molecule has 2 aliphatic heterocycles. The molecule has 0 unspecified atom stereocenters. The molecule has 1 fully saturated rings. The summed E-state index contributed by atoms with van der Waals surface area (Å²) in [5, 5.41) is 1.04. The number of hydrogen-bond acceptors (Lipinski definition) is 6. The summed E-state index contributed by atoms with van der Waals surface area (Å²) in [6.07, 6.45) is 1.99. The molecule has 1 amide bonds. The normalized spacial score (nSPS) is 19.2. The van der Waals surface area contributed by atoms with E-state index < -0.39 is 0 Å². The van der Waals surface area contributed by atoms with E-state index in [4.69, 9.17) is 14.5 Å². The van der Waals surface area contributed by atoms with Gasteiger partial charge >= 0.3 is 0 Å². The van der Waals surface area contributed by atoms with Crippen molar-refractivity contribution in [1.29, 1.82) is 0 Å². The molecule has 5 rings (SSSR count). The summed E-state index contributed by atoms with van der Waals surface area (Å²) in [6.45, 7) is 4.44. The molecular weight excluding hydrogens is 410 g/mol. The van der Waals surface area contributed by atoms with Crippen LogP contribution in [0, 0.1) is 0 Å². The number of likely N-dealkylation sites (tertiary alicyclic amines) is 1. The number of carbonyl (C=O) groups excluding carboxylic acids is 1. The molecule has 0 N–H and O–H groups in total. The van der Waals surface area contributed by atoms with Crippen LogP contribution in [0.5, 0.6) is 11.5 Å². The van der Waals surface area contributed by atoms with Gasteiger partial charge in [0.2, 0.25) is 5.91 Å². The minimum Gasteiger partial charge on any atom is -0.486 e. The van der Waals surface area contributed by atoms with Crippen molar-refractivity contribution in [3.8, 4) is 11.5 Å². The first-order valence-electron chi connectivity index (χ1n) is 10.8. The van der Waals surface area contributed by atoms with E-state index in [0.717, 1.165) is 47.0 Å². The number of rotatable bonds is 5. The van der Waals surface area contributed by atoms with Gasteiger partial charge in [-0.25, -0.2) is 4.98 Å². The third kappa shape index (κ3) is 4.00. The van der Waals surface area contributed by atoms with E-state index in [1.54, 1.807) is 11.3 Å². The molecule has 0 spiro atoms. The van der Waals surface area contributed by atoms with E-state index in [9.17, 15) is 4.79 Å². The van der Waals surface area contributed by atoms with Gasteiger partial charge in [-0.3, -0.25) is 9.69 Å². The van der Waals surface area contributed by atoms with Crippen LogP contribution in [0.1, 0.15) is 42.4 Å². The molecule has 6 nitrogen and oxygen atoms in total. The molecule has 2 aromatic carbocycles.